The number of para-hydroxylation sites is 1. The minimum Gasteiger partial charge on any atom is -0.434 e. The number of rotatable bonds is 7. The Balaban J connectivity index is 1.57. The monoisotopic (exact) mass is 458 g/mol. The summed E-state index contributed by atoms with van der Waals surface area (Å²) in [5.74, 6) is -0.679. The molecule has 162 valence electrons. The minimum absolute atomic E-state index is 0.0266. The molecule has 0 unspecified atom stereocenters. The van der Waals surface area contributed by atoms with Crippen LogP contribution in [0, 0.1) is 10.1 Å². The van der Waals surface area contributed by atoms with Crippen molar-refractivity contribution >= 4 is 28.1 Å². The Kier molecular flexibility index (Phi) is 5.81. The van der Waals surface area contributed by atoms with Gasteiger partial charge in [-0.3, -0.25) is 20.2 Å². The third-order valence-corrected chi connectivity index (χ3v) is 4.96. The van der Waals surface area contributed by atoms with Crippen molar-refractivity contribution < 1.29 is 23.2 Å². The van der Waals surface area contributed by atoms with Gasteiger partial charge >= 0.3 is 6.61 Å². The first-order valence-corrected chi connectivity index (χ1v) is 9.75. The van der Waals surface area contributed by atoms with Crippen molar-refractivity contribution in [2.45, 2.75) is 6.61 Å². The molecule has 2 heterocycles. The maximum absolute atomic E-state index is 12.6. The van der Waals surface area contributed by atoms with Crippen LogP contribution in [0.5, 0.6) is 5.75 Å². The summed E-state index contributed by atoms with van der Waals surface area (Å²) in [4.78, 5) is 31.4. The first-order valence-electron chi connectivity index (χ1n) is 8.87. The number of aromatic nitrogens is 4. The average Bonchev–Trinajstić information content (AvgIpc) is 3.45. The summed E-state index contributed by atoms with van der Waals surface area (Å²) in [6.45, 7) is -3.00. The number of anilines is 1. The maximum atomic E-state index is 12.6. The van der Waals surface area contributed by atoms with E-state index in [4.69, 9.17) is 0 Å². The van der Waals surface area contributed by atoms with E-state index >= 15 is 0 Å². The predicted octanol–water partition coefficient (Wildman–Crippen LogP) is 4.15. The van der Waals surface area contributed by atoms with E-state index in [-0.39, 0.29) is 27.8 Å². The number of thiazole rings is 1. The third-order valence-electron chi connectivity index (χ3n) is 4.20. The molecule has 10 nitrogen and oxygen atoms in total. The number of nitro benzene ring substituents is 1. The maximum Gasteiger partial charge on any atom is 0.387 e. The lowest BCUT2D eigenvalue weighted by atomic mass is 10.1. The van der Waals surface area contributed by atoms with Crippen LogP contribution >= 0.6 is 11.3 Å². The Bertz CT molecular complexity index is 1280. The van der Waals surface area contributed by atoms with Crippen LogP contribution in [0.1, 0.15) is 10.4 Å². The first kappa shape index (κ1) is 21.0. The lowest BCUT2D eigenvalue weighted by Crippen LogP contribution is -2.13. The van der Waals surface area contributed by atoms with Gasteiger partial charge in [-0.2, -0.15) is 13.9 Å². The summed E-state index contributed by atoms with van der Waals surface area (Å²) >= 11 is 1.06. The highest BCUT2D eigenvalue weighted by atomic mass is 32.1. The molecule has 0 aliphatic heterocycles. The smallest absolute Gasteiger partial charge is 0.387 e. The van der Waals surface area contributed by atoms with Gasteiger partial charge in [0, 0.05) is 22.6 Å². The molecule has 32 heavy (non-hydrogen) atoms. The molecular formula is C19H12F2N6O4S. The van der Waals surface area contributed by atoms with Gasteiger partial charge < -0.3 is 4.74 Å². The zero-order chi connectivity index (χ0) is 22.7. The summed E-state index contributed by atoms with van der Waals surface area (Å²) in [6.07, 6.45) is 2.53. The molecule has 0 saturated carbocycles. The van der Waals surface area contributed by atoms with Crippen molar-refractivity contribution in [1.29, 1.82) is 0 Å². The van der Waals surface area contributed by atoms with Crippen LogP contribution in [0.3, 0.4) is 0 Å². The number of nitrogens with one attached hydrogen (secondary N) is 1. The number of hydrogen-bond acceptors (Lipinski definition) is 8. The van der Waals surface area contributed by atoms with Crippen LogP contribution in [0.2, 0.25) is 0 Å². The molecule has 2 aromatic heterocycles. The third kappa shape index (κ3) is 4.41. The highest BCUT2D eigenvalue weighted by Gasteiger charge is 2.20. The van der Waals surface area contributed by atoms with Gasteiger partial charge in [0.1, 0.15) is 24.1 Å². The Morgan fingerprint density at radius 2 is 2.06 bits per heavy atom. The minimum atomic E-state index is -3.00. The van der Waals surface area contributed by atoms with Crippen molar-refractivity contribution in [2.24, 2.45) is 0 Å². The molecule has 0 aliphatic carbocycles. The number of ether oxygens (including phenoxy) is 1. The second-order valence-corrected chi connectivity index (χ2v) is 7.03. The molecule has 0 spiro atoms. The fourth-order valence-electron chi connectivity index (χ4n) is 2.84. The number of carbonyl (C=O) groups is 1. The number of alkyl halides is 2. The summed E-state index contributed by atoms with van der Waals surface area (Å²) < 4.78 is 31.0. The van der Waals surface area contributed by atoms with Gasteiger partial charge in [-0.15, -0.1) is 11.3 Å². The second kappa shape index (κ2) is 8.85. The molecule has 13 heteroatoms. The van der Waals surface area contributed by atoms with Crippen molar-refractivity contribution in [3.8, 4) is 22.7 Å². The number of nitrogens with zero attached hydrogens (tertiary/aromatic N) is 5. The van der Waals surface area contributed by atoms with Gasteiger partial charge in [0.2, 0.25) is 0 Å². The van der Waals surface area contributed by atoms with Gasteiger partial charge in [-0.05, 0) is 24.3 Å². The highest BCUT2D eigenvalue weighted by molar-refractivity contribution is 7.14. The number of amides is 1. The summed E-state index contributed by atoms with van der Waals surface area (Å²) in [5.41, 5.74) is 0.502. The van der Waals surface area contributed by atoms with E-state index in [9.17, 15) is 23.7 Å². The molecule has 0 fully saturated rings. The summed E-state index contributed by atoms with van der Waals surface area (Å²) in [5, 5.41) is 19.6. The highest BCUT2D eigenvalue weighted by Crippen LogP contribution is 2.33. The summed E-state index contributed by atoms with van der Waals surface area (Å²) in [6, 6.07) is 10.0. The number of nitro groups is 1. The van der Waals surface area contributed by atoms with E-state index in [0.717, 1.165) is 17.4 Å². The largest absolute Gasteiger partial charge is 0.434 e. The van der Waals surface area contributed by atoms with Gasteiger partial charge in [0.25, 0.3) is 11.6 Å². The molecule has 2 aromatic carbocycles. The SMILES string of the molecule is O=C(Nc1nc(-c2ccccc2OC(F)F)cs1)c1ccc(-n2cncn2)c([N+](=O)[O-])c1. The quantitative estimate of drug-likeness (QED) is 0.326. The standard InChI is InChI=1S/C19H12F2N6O4S/c20-18(21)31-16-4-2-1-3-12(16)13-8-32-19(24-13)25-17(28)11-5-6-14(15(7-11)27(29)30)26-10-22-9-23-26/h1-10,18H,(H,24,25,28). The van der Waals surface area contributed by atoms with E-state index < -0.39 is 17.4 Å². The van der Waals surface area contributed by atoms with Crippen molar-refractivity contribution in [1.82, 2.24) is 19.7 Å². The lowest BCUT2D eigenvalue weighted by molar-refractivity contribution is -0.384. The zero-order valence-electron chi connectivity index (χ0n) is 15.9. The molecule has 1 N–H and O–H groups in total. The number of carbonyl (C=O) groups excluding carboxylic acids is 1. The fourth-order valence-corrected chi connectivity index (χ4v) is 3.54. The molecule has 4 aromatic rings. The number of benzene rings is 2. The van der Waals surface area contributed by atoms with Crippen LogP contribution in [0.15, 0.2) is 60.5 Å². The fraction of sp³-hybridized carbons (Fsp3) is 0.0526. The van der Waals surface area contributed by atoms with Crippen LogP contribution < -0.4 is 10.1 Å². The van der Waals surface area contributed by atoms with Crippen molar-refractivity contribution in [2.75, 3.05) is 5.32 Å². The Hall–Kier alpha value is -4.26. The van der Waals surface area contributed by atoms with E-state index in [1.54, 1.807) is 23.6 Å². The first-order chi connectivity index (χ1) is 15.4. The van der Waals surface area contributed by atoms with Crippen LogP contribution in [0.4, 0.5) is 19.6 Å². The predicted molar refractivity (Wildman–Crippen MR) is 110 cm³/mol. The normalized spacial score (nSPS) is 10.8. The average molecular weight is 458 g/mol. The van der Waals surface area contributed by atoms with Crippen LogP contribution in [-0.4, -0.2) is 37.2 Å². The topological polar surface area (TPSA) is 125 Å². The van der Waals surface area contributed by atoms with Gasteiger partial charge in [-0.25, -0.2) is 14.6 Å². The molecular weight excluding hydrogens is 446 g/mol. The van der Waals surface area contributed by atoms with E-state index in [1.807, 2.05) is 0 Å². The molecule has 0 saturated heterocycles. The second-order valence-electron chi connectivity index (χ2n) is 6.17. The van der Waals surface area contributed by atoms with Crippen LogP contribution in [0.25, 0.3) is 16.9 Å². The Morgan fingerprint density at radius 3 is 2.78 bits per heavy atom. The van der Waals surface area contributed by atoms with Crippen molar-refractivity contribution in [3.63, 3.8) is 0 Å². The Labute approximate surface area is 182 Å². The number of halogens is 2. The van der Waals surface area contributed by atoms with Gasteiger partial charge in [0.05, 0.1) is 10.6 Å². The summed E-state index contributed by atoms with van der Waals surface area (Å²) in [7, 11) is 0. The molecule has 4 rings (SSSR count). The molecule has 0 radical (unpaired) electrons. The van der Waals surface area contributed by atoms with Crippen molar-refractivity contribution in [3.05, 3.63) is 76.2 Å². The molecule has 1 amide bonds. The molecule has 0 atom stereocenters. The zero-order valence-corrected chi connectivity index (χ0v) is 16.7. The molecule has 0 bridgehead atoms. The van der Waals surface area contributed by atoms with Gasteiger partial charge in [0.15, 0.2) is 5.13 Å². The van der Waals surface area contributed by atoms with E-state index in [1.165, 1.54) is 35.5 Å². The lowest BCUT2D eigenvalue weighted by Gasteiger charge is -2.08. The van der Waals surface area contributed by atoms with E-state index in [2.05, 4.69) is 25.1 Å². The van der Waals surface area contributed by atoms with E-state index in [0.29, 0.717) is 11.3 Å². The number of hydrogen-bond donors (Lipinski definition) is 1. The Morgan fingerprint density at radius 1 is 1.25 bits per heavy atom. The van der Waals surface area contributed by atoms with Crippen LogP contribution in [-0.2, 0) is 0 Å². The van der Waals surface area contributed by atoms with Gasteiger partial charge in [-0.1, -0.05) is 12.1 Å². The molecule has 0 aliphatic rings.